The average molecular weight is 117 g/mol. The van der Waals surface area contributed by atoms with E-state index >= 15 is 0 Å². The van der Waals surface area contributed by atoms with E-state index in [2.05, 4.69) is 10.3 Å². The van der Waals surface area contributed by atoms with Crippen molar-refractivity contribution in [2.45, 2.75) is 6.92 Å². The summed E-state index contributed by atoms with van der Waals surface area (Å²) in [4.78, 5) is 0. The summed E-state index contributed by atoms with van der Waals surface area (Å²) in [5, 5.41) is 21.1. The molecule has 5 nitrogen and oxygen atoms in total. The van der Waals surface area contributed by atoms with Crippen LogP contribution in [0.2, 0.25) is 0 Å². The van der Waals surface area contributed by atoms with E-state index in [0.717, 1.165) is 0 Å². The van der Waals surface area contributed by atoms with Crippen LogP contribution < -0.4 is 5.73 Å². The van der Waals surface area contributed by atoms with Gasteiger partial charge in [0.2, 0.25) is 0 Å². The molecule has 4 N–H and O–H groups in total. The molecular formula is C3H7N3O2. The minimum absolute atomic E-state index is 0.0903. The van der Waals surface area contributed by atoms with Crippen molar-refractivity contribution in [1.29, 1.82) is 0 Å². The van der Waals surface area contributed by atoms with Crippen LogP contribution in [0.1, 0.15) is 6.92 Å². The fraction of sp³-hybridized carbons (Fsp3) is 0.333. The zero-order valence-electron chi connectivity index (χ0n) is 4.37. The van der Waals surface area contributed by atoms with Gasteiger partial charge in [-0.1, -0.05) is 10.3 Å². The molecule has 0 aliphatic carbocycles. The highest BCUT2D eigenvalue weighted by atomic mass is 16.4. The second-order valence-corrected chi connectivity index (χ2v) is 1.17. The van der Waals surface area contributed by atoms with Crippen molar-refractivity contribution in [1.82, 2.24) is 0 Å². The van der Waals surface area contributed by atoms with Gasteiger partial charge in [-0.15, -0.1) is 0 Å². The van der Waals surface area contributed by atoms with Crippen molar-refractivity contribution in [3.05, 3.63) is 0 Å². The summed E-state index contributed by atoms with van der Waals surface area (Å²) in [6.45, 7) is 1.41. The molecule has 8 heavy (non-hydrogen) atoms. The van der Waals surface area contributed by atoms with Crippen molar-refractivity contribution in [3.63, 3.8) is 0 Å². The van der Waals surface area contributed by atoms with Crippen LogP contribution in [-0.4, -0.2) is 22.0 Å². The van der Waals surface area contributed by atoms with Gasteiger partial charge in [-0.05, 0) is 6.92 Å². The van der Waals surface area contributed by atoms with E-state index in [9.17, 15) is 0 Å². The molecule has 46 valence electrons. The largest absolute Gasteiger partial charge is 0.411 e. The fourth-order valence-corrected chi connectivity index (χ4v) is 0.124. The van der Waals surface area contributed by atoms with E-state index in [-0.39, 0.29) is 11.5 Å². The van der Waals surface area contributed by atoms with E-state index in [4.69, 9.17) is 16.1 Å². The molecule has 0 spiro atoms. The first-order valence-corrected chi connectivity index (χ1v) is 1.89. The molecule has 0 amide bonds. The van der Waals surface area contributed by atoms with Gasteiger partial charge in [-0.3, -0.25) is 0 Å². The van der Waals surface area contributed by atoms with Crippen LogP contribution >= 0.6 is 0 Å². The van der Waals surface area contributed by atoms with Gasteiger partial charge in [0.1, 0.15) is 5.71 Å². The Bertz CT molecular complexity index is 112. The predicted molar refractivity (Wildman–Crippen MR) is 28.3 cm³/mol. The minimum Gasteiger partial charge on any atom is -0.411 e. The van der Waals surface area contributed by atoms with Crippen LogP contribution in [0.15, 0.2) is 10.3 Å². The third-order valence-corrected chi connectivity index (χ3v) is 0.628. The first-order valence-electron chi connectivity index (χ1n) is 1.89. The van der Waals surface area contributed by atoms with Crippen molar-refractivity contribution >= 4 is 11.5 Å². The molecule has 0 saturated heterocycles. The maximum atomic E-state index is 7.95. The number of nitrogens with zero attached hydrogens (tertiary/aromatic N) is 2. The first-order chi connectivity index (χ1) is 3.72. The molecule has 0 rings (SSSR count). The van der Waals surface area contributed by atoms with Gasteiger partial charge in [0.05, 0.1) is 0 Å². The van der Waals surface area contributed by atoms with E-state index in [1.165, 1.54) is 6.92 Å². The molecule has 0 aromatic heterocycles. The lowest BCUT2D eigenvalue weighted by Crippen LogP contribution is -2.20. The maximum absolute atomic E-state index is 7.95. The molecule has 0 bridgehead atoms. The first kappa shape index (κ1) is 6.74. The summed E-state index contributed by atoms with van der Waals surface area (Å²) in [7, 11) is 0. The Morgan fingerprint density at radius 2 is 1.88 bits per heavy atom. The van der Waals surface area contributed by atoms with Crippen LogP contribution in [0.4, 0.5) is 0 Å². The predicted octanol–water partition coefficient (Wildman–Crippen LogP) is -0.417. The number of rotatable bonds is 1. The van der Waals surface area contributed by atoms with Crippen LogP contribution in [0, 0.1) is 0 Å². The summed E-state index contributed by atoms with van der Waals surface area (Å²) in [5.41, 5.74) is 5.03. The van der Waals surface area contributed by atoms with E-state index in [0.29, 0.717) is 0 Å². The summed E-state index contributed by atoms with van der Waals surface area (Å²) in [5.74, 6) is -0.187. The Morgan fingerprint density at radius 1 is 1.38 bits per heavy atom. The highest BCUT2D eigenvalue weighted by Gasteiger charge is 1.94. The number of nitrogens with two attached hydrogens (primary N) is 1. The topological polar surface area (TPSA) is 91.2 Å². The van der Waals surface area contributed by atoms with Gasteiger partial charge in [0.25, 0.3) is 0 Å². The number of oxime groups is 2. The molecule has 0 radical (unpaired) electrons. The lowest BCUT2D eigenvalue weighted by molar-refractivity contribution is 0.313. The molecule has 0 aromatic carbocycles. The van der Waals surface area contributed by atoms with Crippen molar-refractivity contribution < 1.29 is 10.4 Å². The second-order valence-electron chi connectivity index (χ2n) is 1.17. The average Bonchev–Trinajstić information content (AvgIpc) is 1.84. The lowest BCUT2D eigenvalue weighted by Gasteiger charge is -1.89. The Balaban J connectivity index is 4.04. The normalized spacial score (nSPS) is 14.1. The molecule has 0 fully saturated rings. The monoisotopic (exact) mass is 117 g/mol. The Labute approximate surface area is 46.1 Å². The molecule has 0 saturated carbocycles. The minimum atomic E-state index is -0.187. The summed E-state index contributed by atoms with van der Waals surface area (Å²) in [6, 6.07) is 0. The van der Waals surface area contributed by atoms with Gasteiger partial charge >= 0.3 is 0 Å². The van der Waals surface area contributed by atoms with Crippen LogP contribution in [0.5, 0.6) is 0 Å². The van der Waals surface area contributed by atoms with Crippen molar-refractivity contribution in [2.24, 2.45) is 16.0 Å². The van der Waals surface area contributed by atoms with Crippen molar-refractivity contribution in [3.8, 4) is 0 Å². The van der Waals surface area contributed by atoms with E-state index in [1.807, 2.05) is 0 Å². The molecule has 0 aliphatic rings. The summed E-state index contributed by atoms with van der Waals surface area (Å²) < 4.78 is 0. The second kappa shape index (κ2) is 2.84. The van der Waals surface area contributed by atoms with Gasteiger partial charge in [-0.25, -0.2) is 0 Å². The number of hydrogen-bond donors (Lipinski definition) is 3. The summed E-state index contributed by atoms with van der Waals surface area (Å²) in [6.07, 6.45) is 0. The van der Waals surface area contributed by atoms with Gasteiger partial charge in [-0.2, -0.15) is 0 Å². The van der Waals surface area contributed by atoms with Crippen LogP contribution in [-0.2, 0) is 0 Å². The number of hydrogen-bond acceptors (Lipinski definition) is 4. The zero-order chi connectivity index (χ0) is 6.57. The third kappa shape index (κ3) is 1.46. The molecule has 0 aliphatic heterocycles. The van der Waals surface area contributed by atoms with Crippen molar-refractivity contribution in [2.75, 3.05) is 0 Å². The molecule has 0 heterocycles. The fourth-order valence-electron chi connectivity index (χ4n) is 0.124. The van der Waals surface area contributed by atoms with E-state index in [1.54, 1.807) is 0 Å². The van der Waals surface area contributed by atoms with E-state index < -0.39 is 0 Å². The maximum Gasteiger partial charge on any atom is 0.187 e. The van der Waals surface area contributed by atoms with Crippen LogP contribution in [0.3, 0.4) is 0 Å². The molecular weight excluding hydrogens is 110 g/mol. The Kier molecular flexibility index (Phi) is 2.39. The lowest BCUT2D eigenvalue weighted by atomic mass is 10.4. The Morgan fingerprint density at radius 3 is 2.00 bits per heavy atom. The highest BCUT2D eigenvalue weighted by molar-refractivity contribution is 6.39. The van der Waals surface area contributed by atoms with Crippen LogP contribution in [0.25, 0.3) is 0 Å². The molecule has 0 aromatic rings. The quantitative estimate of drug-likeness (QED) is 0.188. The SMILES string of the molecule is C/C(=N\O)C(N)=NO. The van der Waals surface area contributed by atoms with Gasteiger partial charge in [0.15, 0.2) is 5.84 Å². The third-order valence-electron chi connectivity index (χ3n) is 0.628. The smallest absolute Gasteiger partial charge is 0.187 e. The molecule has 5 heteroatoms. The Hall–Kier alpha value is -1.26. The van der Waals surface area contributed by atoms with Gasteiger partial charge in [0, 0.05) is 0 Å². The molecule has 0 unspecified atom stereocenters. The highest BCUT2D eigenvalue weighted by Crippen LogP contribution is 1.72. The zero-order valence-corrected chi connectivity index (χ0v) is 4.37. The summed E-state index contributed by atoms with van der Waals surface area (Å²) >= 11 is 0. The number of amidine groups is 1. The molecule has 0 atom stereocenters. The standard InChI is InChI=1S/C3H7N3O2/c1-2(5-7)3(4)6-8/h7-8H,1H3,(H2,4,6)/b5-2+. The van der Waals surface area contributed by atoms with Gasteiger partial charge < -0.3 is 16.1 Å².